The standard InChI is InChI=1S/C14H23N3O2/c1-2-5-15-14(18)12-17-8-6-16(7-9-17)11-13-4-3-10-19-13/h1,13H,3-12H2,(H,15,18)/t13-/m1/s1. The molecule has 2 rings (SSSR count). The van der Waals surface area contributed by atoms with Crippen molar-refractivity contribution in [3.8, 4) is 12.3 Å². The molecule has 0 aromatic heterocycles. The van der Waals surface area contributed by atoms with E-state index in [1.54, 1.807) is 0 Å². The highest BCUT2D eigenvalue weighted by molar-refractivity contribution is 5.78. The van der Waals surface area contributed by atoms with Gasteiger partial charge in [-0.2, -0.15) is 0 Å². The third kappa shape index (κ3) is 4.83. The van der Waals surface area contributed by atoms with Crippen LogP contribution in [0.1, 0.15) is 12.8 Å². The molecule has 106 valence electrons. The number of nitrogens with one attached hydrogen (secondary N) is 1. The molecule has 1 N–H and O–H groups in total. The quantitative estimate of drug-likeness (QED) is 0.683. The largest absolute Gasteiger partial charge is 0.377 e. The summed E-state index contributed by atoms with van der Waals surface area (Å²) in [5.41, 5.74) is 0. The molecule has 0 aromatic rings. The van der Waals surface area contributed by atoms with Crippen molar-refractivity contribution < 1.29 is 9.53 Å². The van der Waals surface area contributed by atoms with Crippen LogP contribution in [0.25, 0.3) is 0 Å². The molecule has 5 heteroatoms. The summed E-state index contributed by atoms with van der Waals surface area (Å²) in [7, 11) is 0. The lowest BCUT2D eigenvalue weighted by atomic mass is 10.2. The molecule has 0 spiro atoms. The predicted molar refractivity (Wildman–Crippen MR) is 73.7 cm³/mol. The van der Waals surface area contributed by atoms with E-state index in [1.165, 1.54) is 12.8 Å². The average molecular weight is 265 g/mol. The van der Waals surface area contributed by atoms with Gasteiger partial charge in [-0.25, -0.2) is 0 Å². The second-order valence-electron chi connectivity index (χ2n) is 5.19. The summed E-state index contributed by atoms with van der Waals surface area (Å²) < 4.78 is 5.65. The topological polar surface area (TPSA) is 44.8 Å². The number of piperazine rings is 1. The minimum Gasteiger partial charge on any atom is -0.377 e. The van der Waals surface area contributed by atoms with E-state index in [0.717, 1.165) is 39.3 Å². The minimum absolute atomic E-state index is 0.0190. The van der Waals surface area contributed by atoms with E-state index in [0.29, 0.717) is 19.2 Å². The van der Waals surface area contributed by atoms with Crippen LogP contribution in [0.3, 0.4) is 0 Å². The number of amides is 1. The molecule has 2 aliphatic heterocycles. The summed E-state index contributed by atoms with van der Waals surface area (Å²) in [6.45, 7) is 6.64. The van der Waals surface area contributed by atoms with Gasteiger partial charge < -0.3 is 10.1 Å². The Morgan fingerprint density at radius 3 is 2.68 bits per heavy atom. The minimum atomic E-state index is 0.0190. The second kappa shape index (κ2) is 7.49. The number of nitrogens with zero attached hydrogens (tertiary/aromatic N) is 2. The van der Waals surface area contributed by atoms with Crippen LogP contribution < -0.4 is 5.32 Å². The Morgan fingerprint density at radius 2 is 2.05 bits per heavy atom. The van der Waals surface area contributed by atoms with Crippen LogP contribution in [0, 0.1) is 12.3 Å². The summed E-state index contributed by atoms with van der Waals surface area (Å²) in [5.74, 6) is 2.43. The van der Waals surface area contributed by atoms with E-state index in [1.807, 2.05) is 0 Å². The van der Waals surface area contributed by atoms with Crippen LogP contribution in [0.2, 0.25) is 0 Å². The van der Waals surface area contributed by atoms with Crippen molar-refractivity contribution in [1.82, 2.24) is 15.1 Å². The van der Waals surface area contributed by atoms with E-state index in [9.17, 15) is 4.79 Å². The molecule has 0 radical (unpaired) electrons. The lowest BCUT2D eigenvalue weighted by Gasteiger charge is -2.35. The number of carbonyl (C=O) groups excluding carboxylic acids is 1. The Morgan fingerprint density at radius 1 is 1.32 bits per heavy atom. The molecular formula is C14H23N3O2. The summed E-state index contributed by atoms with van der Waals surface area (Å²) >= 11 is 0. The van der Waals surface area contributed by atoms with Crippen molar-refractivity contribution >= 4 is 5.91 Å². The third-order valence-corrected chi connectivity index (χ3v) is 3.71. The van der Waals surface area contributed by atoms with E-state index in [-0.39, 0.29) is 5.91 Å². The second-order valence-corrected chi connectivity index (χ2v) is 5.19. The molecular weight excluding hydrogens is 242 g/mol. The summed E-state index contributed by atoms with van der Waals surface area (Å²) in [4.78, 5) is 16.2. The monoisotopic (exact) mass is 265 g/mol. The molecule has 0 saturated carbocycles. The van der Waals surface area contributed by atoms with Crippen molar-refractivity contribution in [2.75, 3.05) is 52.4 Å². The SMILES string of the molecule is C#CCNC(=O)CN1CCN(C[C@H]2CCCO2)CC1. The van der Waals surface area contributed by atoms with Gasteiger partial charge in [-0.15, -0.1) is 6.42 Å². The zero-order valence-corrected chi connectivity index (χ0v) is 11.4. The van der Waals surface area contributed by atoms with Crippen molar-refractivity contribution in [3.05, 3.63) is 0 Å². The Labute approximate surface area is 115 Å². The molecule has 2 aliphatic rings. The number of terminal acetylenes is 1. The average Bonchev–Trinajstić information content (AvgIpc) is 2.91. The van der Waals surface area contributed by atoms with Crippen molar-refractivity contribution in [1.29, 1.82) is 0 Å². The van der Waals surface area contributed by atoms with Gasteiger partial charge >= 0.3 is 0 Å². The maximum Gasteiger partial charge on any atom is 0.234 e. The molecule has 19 heavy (non-hydrogen) atoms. The summed E-state index contributed by atoms with van der Waals surface area (Å²) in [5, 5.41) is 2.70. The first-order valence-electron chi connectivity index (χ1n) is 7.04. The van der Waals surface area contributed by atoms with Gasteiger partial charge in [-0.3, -0.25) is 14.6 Å². The molecule has 0 aromatic carbocycles. The van der Waals surface area contributed by atoms with Gasteiger partial charge in [0.2, 0.25) is 5.91 Å². The molecule has 1 atom stereocenters. The summed E-state index contributed by atoms with van der Waals surface area (Å²) in [6, 6.07) is 0. The van der Waals surface area contributed by atoms with Crippen molar-refractivity contribution in [3.63, 3.8) is 0 Å². The zero-order valence-electron chi connectivity index (χ0n) is 11.4. The van der Waals surface area contributed by atoms with E-state index in [4.69, 9.17) is 11.2 Å². The van der Waals surface area contributed by atoms with Crippen LogP contribution in [-0.2, 0) is 9.53 Å². The Bertz CT molecular complexity index is 326. The third-order valence-electron chi connectivity index (χ3n) is 3.71. The first-order chi connectivity index (χ1) is 9.28. The maximum absolute atomic E-state index is 11.5. The van der Waals surface area contributed by atoms with Gasteiger partial charge in [0.25, 0.3) is 0 Å². The molecule has 0 aliphatic carbocycles. The van der Waals surface area contributed by atoms with Crippen molar-refractivity contribution in [2.45, 2.75) is 18.9 Å². The van der Waals surface area contributed by atoms with Crippen molar-refractivity contribution in [2.24, 2.45) is 0 Å². The van der Waals surface area contributed by atoms with E-state index < -0.39 is 0 Å². The molecule has 1 amide bonds. The van der Waals surface area contributed by atoms with Gasteiger partial charge in [0.05, 0.1) is 19.2 Å². The highest BCUT2D eigenvalue weighted by Gasteiger charge is 2.23. The molecule has 0 bridgehead atoms. The lowest BCUT2D eigenvalue weighted by molar-refractivity contribution is -0.122. The maximum atomic E-state index is 11.5. The van der Waals surface area contributed by atoms with Crippen LogP contribution in [0.15, 0.2) is 0 Å². The van der Waals surface area contributed by atoms with Gasteiger partial charge in [0, 0.05) is 39.3 Å². The normalized spacial score (nSPS) is 25.1. The van der Waals surface area contributed by atoms with Gasteiger partial charge in [0.1, 0.15) is 0 Å². The van der Waals surface area contributed by atoms with Gasteiger partial charge in [0.15, 0.2) is 0 Å². The fourth-order valence-corrected chi connectivity index (χ4v) is 2.61. The van der Waals surface area contributed by atoms with E-state index in [2.05, 4.69) is 21.0 Å². The summed E-state index contributed by atoms with van der Waals surface area (Å²) in [6.07, 6.45) is 7.91. The number of hydrogen-bond donors (Lipinski definition) is 1. The smallest absolute Gasteiger partial charge is 0.234 e. The zero-order chi connectivity index (χ0) is 13.5. The fraction of sp³-hybridized carbons (Fsp3) is 0.786. The molecule has 2 heterocycles. The Kier molecular flexibility index (Phi) is 5.64. The predicted octanol–water partition coefficient (Wildman–Crippen LogP) is -0.468. The highest BCUT2D eigenvalue weighted by Crippen LogP contribution is 2.14. The first kappa shape index (κ1) is 14.3. The van der Waals surface area contributed by atoms with Crippen LogP contribution in [0.4, 0.5) is 0 Å². The Hall–Kier alpha value is -1.09. The molecule has 0 unspecified atom stereocenters. The highest BCUT2D eigenvalue weighted by atomic mass is 16.5. The molecule has 5 nitrogen and oxygen atoms in total. The molecule has 2 saturated heterocycles. The van der Waals surface area contributed by atoms with Crippen LogP contribution >= 0.6 is 0 Å². The number of carbonyl (C=O) groups is 1. The number of hydrogen-bond acceptors (Lipinski definition) is 4. The lowest BCUT2D eigenvalue weighted by Crippen LogP contribution is -2.50. The van der Waals surface area contributed by atoms with Crippen LogP contribution in [0.5, 0.6) is 0 Å². The number of ether oxygens (including phenoxy) is 1. The number of rotatable bonds is 5. The van der Waals surface area contributed by atoms with Crippen LogP contribution in [-0.4, -0.2) is 74.2 Å². The first-order valence-corrected chi connectivity index (χ1v) is 7.04. The van der Waals surface area contributed by atoms with Gasteiger partial charge in [-0.05, 0) is 12.8 Å². The fourth-order valence-electron chi connectivity index (χ4n) is 2.61. The molecule has 2 fully saturated rings. The Balaban J connectivity index is 1.62. The van der Waals surface area contributed by atoms with Gasteiger partial charge in [-0.1, -0.05) is 5.92 Å². The van der Waals surface area contributed by atoms with E-state index >= 15 is 0 Å².